The molecule has 2 aromatic rings. The van der Waals surface area contributed by atoms with E-state index in [9.17, 15) is 0 Å². The summed E-state index contributed by atoms with van der Waals surface area (Å²) in [7, 11) is 3.65. The Kier molecular flexibility index (Phi) is 5.82. The Morgan fingerprint density at radius 1 is 1.33 bits per heavy atom. The van der Waals surface area contributed by atoms with E-state index in [0.29, 0.717) is 0 Å². The fraction of sp³-hybridized carbons (Fsp3) is 0.438. The number of rotatable bonds is 7. The third-order valence-electron chi connectivity index (χ3n) is 3.49. The van der Waals surface area contributed by atoms with Crippen molar-refractivity contribution in [3.8, 4) is 5.75 Å². The van der Waals surface area contributed by atoms with Crippen molar-refractivity contribution < 1.29 is 4.74 Å². The quantitative estimate of drug-likeness (QED) is 0.829. The van der Waals surface area contributed by atoms with Gasteiger partial charge in [0.15, 0.2) is 5.75 Å². The van der Waals surface area contributed by atoms with Crippen LogP contribution in [0.4, 0.5) is 0 Å². The smallest absolute Gasteiger partial charge is 0.161 e. The van der Waals surface area contributed by atoms with E-state index in [0.717, 1.165) is 35.3 Å². The molecule has 114 valence electrons. The Hall–Kier alpha value is -1.33. The molecule has 1 aromatic heterocycles. The molecule has 4 nitrogen and oxygen atoms in total. The van der Waals surface area contributed by atoms with E-state index in [4.69, 9.17) is 4.74 Å². The Morgan fingerprint density at radius 2 is 2.05 bits per heavy atom. The highest BCUT2D eigenvalue weighted by Crippen LogP contribution is 2.27. The number of methoxy groups -OCH3 is 1. The lowest BCUT2D eigenvalue weighted by atomic mass is 10.0. The highest BCUT2D eigenvalue weighted by atomic mass is 79.9. The van der Waals surface area contributed by atoms with Crippen LogP contribution in [0.15, 0.2) is 34.9 Å². The first-order valence-corrected chi connectivity index (χ1v) is 7.98. The third-order valence-corrected chi connectivity index (χ3v) is 4.02. The van der Waals surface area contributed by atoms with Gasteiger partial charge in [0.05, 0.1) is 25.0 Å². The van der Waals surface area contributed by atoms with Crippen molar-refractivity contribution in [2.24, 2.45) is 7.05 Å². The average Bonchev–Trinajstić information content (AvgIpc) is 2.86. The molecule has 2 rings (SSSR count). The summed E-state index contributed by atoms with van der Waals surface area (Å²) in [6.45, 7) is 3.14. The summed E-state index contributed by atoms with van der Waals surface area (Å²) in [6, 6.07) is 8.63. The molecule has 0 fully saturated rings. The fourth-order valence-electron chi connectivity index (χ4n) is 2.42. The van der Waals surface area contributed by atoms with Gasteiger partial charge < -0.3 is 10.1 Å². The molecule has 0 spiro atoms. The van der Waals surface area contributed by atoms with Crippen LogP contribution in [0.25, 0.3) is 0 Å². The molecule has 1 unspecified atom stereocenters. The average molecular weight is 352 g/mol. The van der Waals surface area contributed by atoms with E-state index >= 15 is 0 Å². The Balaban J connectivity index is 2.25. The van der Waals surface area contributed by atoms with Crippen LogP contribution in [-0.2, 0) is 13.5 Å². The molecule has 0 amide bonds. The van der Waals surface area contributed by atoms with Crippen LogP contribution < -0.4 is 10.1 Å². The van der Waals surface area contributed by atoms with E-state index in [-0.39, 0.29) is 6.04 Å². The van der Waals surface area contributed by atoms with E-state index < -0.39 is 0 Å². The van der Waals surface area contributed by atoms with Crippen molar-refractivity contribution in [1.29, 1.82) is 0 Å². The summed E-state index contributed by atoms with van der Waals surface area (Å²) < 4.78 is 8.45. The van der Waals surface area contributed by atoms with Crippen LogP contribution >= 0.6 is 15.9 Å². The summed E-state index contributed by atoms with van der Waals surface area (Å²) in [5.74, 6) is 0.836. The highest BCUT2D eigenvalue weighted by molar-refractivity contribution is 9.10. The van der Waals surface area contributed by atoms with E-state index in [2.05, 4.69) is 57.5 Å². The molecule has 1 atom stereocenters. The summed E-state index contributed by atoms with van der Waals surface area (Å²) >= 11 is 3.48. The molecular weight excluding hydrogens is 330 g/mol. The number of nitrogens with one attached hydrogen (secondary N) is 1. The van der Waals surface area contributed by atoms with Gasteiger partial charge in [0.1, 0.15) is 0 Å². The summed E-state index contributed by atoms with van der Waals surface area (Å²) in [6.07, 6.45) is 3.78. The predicted octanol–water partition coefficient (Wildman–Crippen LogP) is 3.47. The second-order valence-corrected chi connectivity index (χ2v) is 5.97. The maximum Gasteiger partial charge on any atom is 0.161 e. The van der Waals surface area contributed by atoms with Crippen molar-refractivity contribution in [3.05, 3.63) is 46.2 Å². The van der Waals surface area contributed by atoms with E-state index in [1.807, 2.05) is 11.7 Å². The molecule has 21 heavy (non-hydrogen) atoms. The monoisotopic (exact) mass is 351 g/mol. The minimum absolute atomic E-state index is 0.188. The second kappa shape index (κ2) is 7.61. The molecule has 1 N–H and O–H groups in total. The highest BCUT2D eigenvalue weighted by Gasteiger charge is 2.20. The van der Waals surface area contributed by atoms with Crippen LogP contribution in [0.3, 0.4) is 0 Å². The van der Waals surface area contributed by atoms with E-state index in [1.165, 1.54) is 5.56 Å². The first-order valence-electron chi connectivity index (χ1n) is 7.19. The largest absolute Gasteiger partial charge is 0.493 e. The van der Waals surface area contributed by atoms with Gasteiger partial charge in [0.2, 0.25) is 0 Å². The molecule has 0 aliphatic carbocycles. The second-order valence-electron chi connectivity index (χ2n) is 5.06. The van der Waals surface area contributed by atoms with Crippen LogP contribution in [0.2, 0.25) is 0 Å². The van der Waals surface area contributed by atoms with Crippen molar-refractivity contribution >= 4 is 15.9 Å². The van der Waals surface area contributed by atoms with Gasteiger partial charge in [0, 0.05) is 11.5 Å². The van der Waals surface area contributed by atoms with Crippen LogP contribution in [0.5, 0.6) is 5.75 Å². The van der Waals surface area contributed by atoms with Crippen molar-refractivity contribution in [3.63, 3.8) is 0 Å². The molecular formula is C16H22BrN3O. The first-order chi connectivity index (χ1) is 10.2. The fourth-order valence-corrected chi connectivity index (χ4v) is 2.69. The lowest BCUT2D eigenvalue weighted by Crippen LogP contribution is -2.26. The molecule has 5 heteroatoms. The zero-order chi connectivity index (χ0) is 15.2. The van der Waals surface area contributed by atoms with Crippen molar-refractivity contribution in [2.45, 2.75) is 25.8 Å². The number of hydrogen-bond acceptors (Lipinski definition) is 3. The molecule has 0 aliphatic heterocycles. The van der Waals surface area contributed by atoms with Gasteiger partial charge in [0.25, 0.3) is 0 Å². The zero-order valence-electron chi connectivity index (χ0n) is 12.8. The number of hydrogen-bond donors (Lipinski definition) is 1. The van der Waals surface area contributed by atoms with Gasteiger partial charge in [-0.1, -0.05) is 35.0 Å². The maximum absolute atomic E-state index is 5.45. The first kappa shape index (κ1) is 16.0. The van der Waals surface area contributed by atoms with Crippen molar-refractivity contribution in [2.75, 3.05) is 13.7 Å². The Labute approximate surface area is 134 Å². The maximum atomic E-state index is 5.45. The van der Waals surface area contributed by atoms with Crippen LogP contribution in [0.1, 0.15) is 30.6 Å². The lowest BCUT2D eigenvalue weighted by molar-refractivity contribution is 0.392. The molecule has 0 aliphatic rings. The lowest BCUT2D eigenvalue weighted by Gasteiger charge is -2.20. The Bertz CT molecular complexity index is 565. The minimum Gasteiger partial charge on any atom is -0.493 e. The number of nitrogens with zero attached hydrogens (tertiary/aromatic N) is 2. The molecule has 0 saturated carbocycles. The summed E-state index contributed by atoms with van der Waals surface area (Å²) in [5.41, 5.74) is 2.38. The SMILES string of the molecule is CCCNC(Cc1ccc(Br)cc1)c1c(OC)cnn1C. The molecule has 0 radical (unpaired) electrons. The molecule has 0 bridgehead atoms. The van der Waals surface area contributed by atoms with Gasteiger partial charge in [-0.25, -0.2) is 0 Å². The van der Waals surface area contributed by atoms with Crippen LogP contribution in [0, 0.1) is 0 Å². The number of benzene rings is 1. The normalized spacial score (nSPS) is 12.4. The number of halogens is 1. The molecule has 1 heterocycles. The molecule has 1 aromatic carbocycles. The minimum atomic E-state index is 0.188. The molecule has 0 saturated heterocycles. The van der Waals surface area contributed by atoms with E-state index in [1.54, 1.807) is 13.3 Å². The van der Waals surface area contributed by atoms with Gasteiger partial charge >= 0.3 is 0 Å². The summed E-state index contributed by atoms with van der Waals surface area (Å²) in [4.78, 5) is 0. The van der Waals surface area contributed by atoms with Crippen LogP contribution in [-0.4, -0.2) is 23.4 Å². The topological polar surface area (TPSA) is 39.1 Å². The zero-order valence-corrected chi connectivity index (χ0v) is 14.4. The van der Waals surface area contributed by atoms with Gasteiger partial charge in [-0.3, -0.25) is 4.68 Å². The number of aromatic nitrogens is 2. The van der Waals surface area contributed by atoms with Crippen molar-refractivity contribution in [1.82, 2.24) is 15.1 Å². The van der Waals surface area contributed by atoms with Gasteiger partial charge in [-0.15, -0.1) is 0 Å². The third kappa shape index (κ3) is 4.08. The number of ether oxygens (including phenoxy) is 1. The number of aryl methyl sites for hydroxylation is 1. The van der Waals surface area contributed by atoms with Gasteiger partial charge in [-0.2, -0.15) is 5.10 Å². The Morgan fingerprint density at radius 3 is 2.67 bits per heavy atom. The van der Waals surface area contributed by atoms with Gasteiger partial charge in [-0.05, 0) is 37.1 Å². The standard InChI is InChI=1S/C16H22BrN3O/c1-4-9-18-14(10-12-5-7-13(17)8-6-12)16-15(21-3)11-19-20(16)2/h5-8,11,14,18H,4,9-10H2,1-3H3. The predicted molar refractivity (Wildman–Crippen MR) is 88.6 cm³/mol. The summed E-state index contributed by atoms with van der Waals surface area (Å²) in [5, 5.41) is 7.91.